The van der Waals surface area contributed by atoms with Crippen LogP contribution in [0.3, 0.4) is 0 Å². The SMILES string of the molecule is CN(CCCN(C)C(=O)Nc1ccc(C(C)(C)C)cc1)C[C@H]1OC(n2cnc3c(N)ncnc32)[C@H](O)[C@@H]1O. The molecule has 1 fully saturated rings. The molecule has 38 heavy (non-hydrogen) atoms. The van der Waals surface area contributed by atoms with Crippen LogP contribution >= 0.6 is 0 Å². The van der Waals surface area contributed by atoms with Crippen LogP contribution in [0.4, 0.5) is 16.3 Å². The van der Waals surface area contributed by atoms with Gasteiger partial charge in [0.05, 0.1) is 6.33 Å². The monoisotopic (exact) mass is 526 g/mol. The minimum atomic E-state index is -1.16. The topological polar surface area (TPSA) is 155 Å². The Balaban J connectivity index is 1.24. The largest absolute Gasteiger partial charge is 0.387 e. The highest BCUT2D eigenvalue weighted by Crippen LogP contribution is 2.32. The minimum absolute atomic E-state index is 0.0568. The highest BCUT2D eigenvalue weighted by molar-refractivity contribution is 5.89. The number of amides is 2. The van der Waals surface area contributed by atoms with Crippen LogP contribution in [0.5, 0.6) is 0 Å². The van der Waals surface area contributed by atoms with E-state index in [-0.39, 0.29) is 17.3 Å². The van der Waals surface area contributed by atoms with E-state index in [9.17, 15) is 15.0 Å². The van der Waals surface area contributed by atoms with E-state index >= 15 is 0 Å². The molecule has 206 valence electrons. The number of nitrogens with two attached hydrogens (primary N) is 1. The van der Waals surface area contributed by atoms with Gasteiger partial charge in [0.25, 0.3) is 0 Å². The van der Waals surface area contributed by atoms with Crippen molar-refractivity contribution in [3.8, 4) is 0 Å². The van der Waals surface area contributed by atoms with Gasteiger partial charge in [-0.05, 0) is 43.1 Å². The number of hydrogen-bond acceptors (Lipinski definition) is 9. The molecule has 3 aromatic rings. The number of hydrogen-bond donors (Lipinski definition) is 4. The standard InChI is InChI=1S/C26H38N8O4/c1-26(2,3)16-7-9-17(10-8-16)31-25(37)33(5)12-6-11-32(4)13-18-20(35)21(36)24(38-18)34-15-30-19-22(27)28-14-29-23(19)34/h7-10,14-15,18,20-21,24,35-36H,6,11-13H2,1-5H3,(H,31,37)(H2,27,28,29)/t18-,20-,21-,24?/m1/s1. The van der Waals surface area contributed by atoms with Crippen molar-refractivity contribution in [2.24, 2.45) is 0 Å². The Morgan fingerprint density at radius 2 is 1.82 bits per heavy atom. The molecule has 1 aliphatic rings. The van der Waals surface area contributed by atoms with E-state index in [1.807, 2.05) is 36.2 Å². The lowest BCUT2D eigenvalue weighted by Gasteiger charge is -2.24. The molecular formula is C26H38N8O4. The van der Waals surface area contributed by atoms with Crippen LogP contribution < -0.4 is 11.1 Å². The van der Waals surface area contributed by atoms with Crippen molar-refractivity contribution in [2.75, 3.05) is 44.8 Å². The normalized spacial score (nSPS) is 21.8. The molecule has 5 N–H and O–H groups in total. The lowest BCUT2D eigenvalue weighted by atomic mass is 9.87. The summed E-state index contributed by atoms with van der Waals surface area (Å²) in [6.07, 6.45) is -0.197. The first kappa shape index (κ1) is 27.7. The Bertz CT molecular complexity index is 1240. The summed E-state index contributed by atoms with van der Waals surface area (Å²) in [5.41, 5.74) is 8.71. The van der Waals surface area contributed by atoms with Crippen LogP contribution in [-0.4, -0.2) is 97.6 Å². The molecule has 1 unspecified atom stereocenters. The number of ether oxygens (including phenoxy) is 1. The van der Waals surface area contributed by atoms with E-state index in [1.54, 1.807) is 16.5 Å². The van der Waals surface area contributed by atoms with Gasteiger partial charge in [-0.2, -0.15) is 0 Å². The van der Waals surface area contributed by atoms with Crippen molar-refractivity contribution >= 4 is 28.7 Å². The quantitative estimate of drug-likeness (QED) is 0.344. The summed E-state index contributed by atoms with van der Waals surface area (Å²) in [4.78, 5) is 28.6. The van der Waals surface area contributed by atoms with Crippen molar-refractivity contribution in [3.05, 3.63) is 42.5 Å². The molecule has 3 heterocycles. The van der Waals surface area contributed by atoms with Gasteiger partial charge in [-0.25, -0.2) is 19.7 Å². The van der Waals surface area contributed by atoms with Crippen molar-refractivity contribution in [3.63, 3.8) is 0 Å². The molecule has 1 saturated heterocycles. The van der Waals surface area contributed by atoms with E-state index in [2.05, 4.69) is 41.0 Å². The van der Waals surface area contributed by atoms with Crippen LogP contribution in [0.15, 0.2) is 36.9 Å². The van der Waals surface area contributed by atoms with Crippen molar-refractivity contribution in [2.45, 2.75) is 57.1 Å². The summed E-state index contributed by atoms with van der Waals surface area (Å²) in [6, 6.07) is 7.73. The second kappa shape index (κ2) is 11.2. The van der Waals surface area contributed by atoms with Gasteiger partial charge in [0, 0.05) is 25.8 Å². The van der Waals surface area contributed by atoms with Gasteiger partial charge in [-0.3, -0.25) is 4.57 Å². The van der Waals surface area contributed by atoms with Crippen LogP contribution in [0, 0.1) is 0 Å². The number of nitrogen functional groups attached to an aromatic ring is 1. The van der Waals surface area contributed by atoms with Gasteiger partial charge >= 0.3 is 6.03 Å². The number of imidazole rings is 1. The van der Waals surface area contributed by atoms with Crippen LogP contribution in [0.1, 0.15) is 39.0 Å². The molecule has 12 nitrogen and oxygen atoms in total. The van der Waals surface area contributed by atoms with Gasteiger partial charge in [0.2, 0.25) is 0 Å². The number of likely N-dealkylation sites (N-methyl/N-ethyl adjacent to an activating group) is 1. The molecule has 0 radical (unpaired) electrons. The predicted molar refractivity (Wildman–Crippen MR) is 145 cm³/mol. The van der Waals surface area contributed by atoms with E-state index in [4.69, 9.17) is 10.5 Å². The fourth-order valence-electron chi connectivity index (χ4n) is 4.52. The summed E-state index contributed by atoms with van der Waals surface area (Å²) in [6.45, 7) is 8.08. The second-order valence-corrected chi connectivity index (χ2v) is 10.9. The first-order valence-corrected chi connectivity index (χ1v) is 12.7. The number of nitrogens with zero attached hydrogens (tertiary/aromatic N) is 6. The average Bonchev–Trinajstić information content (AvgIpc) is 3.41. The summed E-state index contributed by atoms with van der Waals surface area (Å²) in [5.74, 6) is 0.232. The lowest BCUT2D eigenvalue weighted by molar-refractivity contribution is -0.0422. The summed E-state index contributed by atoms with van der Waals surface area (Å²) >= 11 is 0. The van der Waals surface area contributed by atoms with Crippen LogP contribution in [0.25, 0.3) is 11.2 Å². The number of urea groups is 1. The van der Waals surface area contributed by atoms with Crippen molar-refractivity contribution in [1.82, 2.24) is 29.3 Å². The Morgan fingerprint density at radius 1 is 1.11 bits per heavy atom. The first-order valence-electron chi connectivity index (χ1n) is 12.7. The third kappa shape index (κ3) is 6.04. The predicted octanol–water partition coefficient (Wildman–Crippen LogP) is 1.81. The number of fused-ring (bicyclic) bond motifs is 1. The number of aliphatic hydroxyl groups is 2. The average molecular weight is 527 g/mol. The number of anilines is 2. The van der Waals surface area contributed by atoms with Gasteiger partial charge in [-0.1, -0.05) is 32.9 Å². The number of carbonyl (C=O) groups excluding carboxylic acids is 1. The Labute approximate surface area is 222 Å². The Hall–Kier alpha value is -3.32. The fraction of sp³-hybridized carbons (Fsp3) is 0.538. The Kier molecular flexibility index (Phi) is 8.16. The summed E-state index contributed by atoms with van der Waals surface area (Å²) in [5, 5.41) is 24.2. The number of aliphatic hydroxyl groups excluding tert-OH is 2. The van der Waals surface area contributed by atoms with E-state index in [0.29, 0.717) is 30.8 Å². The van der Waals surface area contributed by atoms with Gasteiger partial charge < -0.3 is 35.8 Å². The lowest BCUT2D eigenvalue weighted by Crippen LogP contribution is -2.39. The third-order valence-electron chi connectivity index (χ3n) is 6.87. The molecule has 0 bridgehead atoms. The van der Waals surface area contributed by atoms with E-state index in [0.717, 1.165) is 12.1 Å². The molecule has 1 aliphatic heterocycles. The molecule has 4 rings (SSSR count). The number of aromatic nitrogens is 4. The van der Waals surface area contributed by atoms with Crippen molar-refractivity contribution < 1.29 is 19.7 Å². The summed E-state index contributed by atoms with van der Waals surface area (Å²) < 4.78 is 7.58. The second-order valence-electron chi connectivity index (χ2n) is 10.9. The van der Waals surface area contributed by atoms with Gasteiger partial charge in [0.15, 0.2) is 17.7 Å². The zero-order valence-electron chi connectivity index (χ0n) is 22.6. The molecule has 2 aromatic heterocycles. The highest BCUT2D eigenvalue weighted by atomic mass is 16.6. The molecule has 4 atom stereocenters. The van der Waals surface area contributed by atoms with Crippen LogP contribution in [0.2, 0.25) is 0 Å². The number of carbonyl (C=O) groups is 1. The fourth-order valence-corrected chi connectivity index (χ4v) is 4.52. The number of rotatable bonds is 8. The molecule has 0 spiro atoms. The molecule has 0 saturated carbocycles. The van der Waals surface area contributed by atoms with E-state index in [1.165, 1.54) is 18.2 Å². The maximum absolute atomic E-state index is 12.6. The molecular weight excluding hydrogens is 488 g/mol. The zero-order valence-corrected chi connectivity index (χ0v) is 22.6. The molecule has 12 heteroatoms. The molecule has 2 amide bonds. The molecule has 1 aromatic carbocycles. The van der Waals surface area contributed by atoms with Crippen molar-refractivity contribution in [1.29, 1.82) is 0 Å². The molecule has 0 aliphatic carbocycles. The highest BCUT2D eigenvalue weighted by Gasteiger charge is 2.44. The van der Waals surface area contributed by atoms with E-state index < -0.39 is 24.5 Å². The zero-order chi connectivity index (χ0) is 27.6. The Morgan fingerprint density at radius 3 is 2.50 bits per heavy atom. The maximum Gasteiger partial charge on any atom is 0.321 e. The number of nitrogens with one attached hydrogen (secondary N) is 1. The van der Waals surface area contributed by atoms with Crippen LogP contribution in [-0.2, 0) is 10.2 Å². The maximum atomic E-state index is 12.6. The minimum Gasteiger partial charge on any atom is -0.387 e. The number of benzene rings is 1. The first-order chi connectivity index (χ1) is 18.0. The van der Waals surface area contributed by atoms with Gasteiger partial charge in [-0.15, -0.1) is 0 Å². The third-order valence-corrected chi connectivity index (χ3v) is 6.87. The van der Waals surface area contributed by atoms with Gasteiger partial charge in [0.1, 0.15) is 30.2 Å². The summed E-state index contributed by atoms with van der Waals surface area (Å²) in [7, 11) is 3.67. The smallest absolute Gasteiger partial charge is 0.321 e.